The monoisotopic (exact) mass is 1280 g/mol. The molecule has 0 amide bonds. The molecular formula is C88H51N3O4S2. The smallest absolute Gasteiger partial charge is 0.207 e. The normalized spacial score (nSPS) is 15.3. The van der Waals surface area contributed by atoms with Gasteiger partial charge in [-0.2, -0.15) is 0 Å². The number of para-hydroxylation sites is 1. The Kier molecular flexibility index (Phi) is 10.2. The summed E-state index contributed by atoms with van der Waals surface area (Å²) < 4.78 is 69.1. The molecule has 0 radical (unpaired) electrons. The van der Waals surface area contributed by atoms with Crippen LogP contribution in [0, 0.1) is 0 Å². The highest BCUT2D eigenvalue weighted by molar-refractivity contribution is 7.92. The van der Waals surface area contributed by atoms with Gasteiger partial charge in [0, 0.05) is 71.3 Å². The number of rotatable bonds is 3. The second kappa shape index (κ2) is 18.5. The maximum absolute atomic E-state index is 15.5. The summed E-state index contributed by atoms with van der Waals surface area (Å²) in [6.07, 6.45) is 0. The zero-order valence-corrected chi connectivity index (χ0v) is 53.4. The minimum Gasteiger partial charge on any atom is -0.309 e. The minimum atomic E-state index is -4.02. The lowest BCUT2D eigenvalue weighted by Crippen LogP contribution is -2.36. The van der Waals surface area contributed by atoms with E-state index in [4.69, 9.17) is 0 Å². The molecule has 0 N–H and O–H groups in total. The fourth-order valence-corrected chi connectivity index (χ4v) is 22.2. The van der Waals surface area contributed by atoms with Crippen molar-refractivity contribution in [2.24, 2.45) is 0 Å². The van der Waals surface area contributed by atoms with Gasteiger partial charge in [0.25, 0.3) is 0 Å². The predicted molar refractivity (Wildman–Crippen MR) is 390 cm³/mol. The molecule has 2 aliphatic carbocycles. The molecule has 4 aliphatic rings. The Hall–Kier alpha value is -11.9. The van der Waals surface area contributed by atoms with Gasteiger partial charge >= 0.3 is 0 Å². The van der Waals surface area contributed by atoms with E-state index in [9.17, 15) is 0 Å². The number of benzene rings is 15. The lowest BCUT2D eigenvalue weighted by molar-refractivity contribution is 0.580. The summed E-state index contributed by atoms with van der Waals surface area (Å²) in [5.74, 6) is 0. The van der Waals surface area contributed by atoms with E-state index in [0.29, 0.717) is 19.6 Å². The molecule has 0 saturated heterocycles. The van der Waals surface area contributed by atoms with Crippen molar-refractivity contribution in [3.05, 3.63) is 354 Å². The molecule has 2 aliphatic heterocycles. The lowest BCUT2D eigenvalue weighted by Gasteiger charge is -2.40. The minimum absolute atomic E-state index is 0.323. The standard InChI is InChI=1S/C88H51N3O4S2/c92-96(93)77-35-17-14-32-71(77)87(67-28-10-5-23-59(67)60-24-6-11-29-68(60)87)83-79(96)49-47-75-81(83)64-44-37-52-19-1-3-21-57(52)85(64)90(75)55-41-39-54(40-42-55)89-73-34-16-9-27-63(73)66-51-56(43-46-74(66)89)91-76-48-50-80-84(82(76)65-45-38-53-20-2-4-22-58(53)86(65)91)88(72-33-15-18-36-78(72)97(80,94)95)69-30-12-7-25-61(69)62-26-8-13-31-70(62)88/h1-51H. The summed E-state index contributed by atoms with van der Waals surface area (Å²) >= 11 is 0. The van der Waals surface area contributed by atoms with Crippen molar-refractivity contribution < 1.29 is 16.8 Å². The molecule has 0 unspecified atom stereocenters. The average Bonchev–Trinajstić information content (AvgIpc) is 1.55. The van der Waals surface area contributed by atoms with Crippen LogP contribution in [0.15, 0.2) is 329 Å². The fraction of sp³-hybridized carbons (Fsp3) is 0.0227. The molecule has 7 nitrogen and oxygen atoms in total. The van der Waals surface area contributed by atoms with Gasteiger partial charge in [-0.15, -0.1) is 0 Å². The van der Waals surface area contributed by atoms with E-state index in [0.717, 1.165) is 171 Å². The number of aromatic nitrogens is 3. The number of hydrogen-bond acceptors (Lipinski definition) is 4. The molecule has 0 fully saturated rings. The van der Waals surface area contributed by atoms with Gasteiger partial charge in [-0.3, -0.25) is 0 Å². The van der Waals surface area contributed by atoms with Crippen molar-refractivity contribution in [3.8, 4) is 39.3 Å². The Morgan fingerprint density at radius 2 is 0.588 bits per heavy atom. The fourth-order valence-electron chi connectivity index (χ4n) is 18.7. The van der Waals surface area contributed by atoms with Gasteiger partial charge in [0.2, 0.25) is 19.7 Å². The van der Waals surface area contributed by atoms with Crippen LogP contribution in [0.25, 0.3) is 126 Å². The number of sulfone groups is 2. The molecule has 97 heavy (non-hydrogen) atoms. The Morgan fingerprint density at radius 3 is 1.06 bits per heavy atom. The van der Waals surface area contributed by atoms with E-state index in [1.165, 1.54) is 0 Å². The highest BCUT2D eigenvalue weighted by Crippen LogP contribution is 2.65. The van der Waals surface area contributed by atoms with E-state index in [1.54, 1.807) is 12.1 Å². The molecule has 15 aromatic carbocycles. The molecule has 454 valence electrons. The summed E-state index contributed by atoms with van der Waals surface area (Å²) in [4.78, 5) is 1.31. The van der Waals surface area contributed by atoms with Crippen molar-refractivity contribution in [3.63, 3.8) is 0 Å². The van der Waals surface area contributed by atoms with Crippen LogP contribution in [0.4, 0.5) is 0 Å². The molecule has 0 atom stereocenters. The van der Waals surface area contributed by atoms with Gasteiger partial charge in [-0.25, -0.2) is 16.8 Å². The van der Waals surface area contributed by atoms with Crippen LogP contribution in [-0.2, 0) is 30.5 Å². The van der Waals surface area contributed by atoms with E-state index in [-0.39, 0.29) is 0 Å². The Balaban J connectivity index is 0.770. The van der Waals surface area contributed by atoms with Crippen LogP contribution in [0.5, 0.6) is 0 Å². The van der Waals surface area contributed by atoms with Gasteiger partial charge in [-0.05, 0) is 151 Å². The molecule has 0 bridgehead atoms. The van der Waals surface area contributed by atoms with Gasteiger partial charge in [0.1, 0.15) is 0 Å². The van der Waals surface area contributed by atoms with Crippen LogP contribution in [0.2, 0.25) is 0 Å². The molecule has 9 heteroatoms. The second-order valence-corrected chi connectivity index (χ2v) is 30.2. The average molecular weight is 1280 g/mol. The summed E-state index contributed by atoms with van der Waals surface area (Å²) in [5, 5.41) is 10.2. The number of hydrogen-bond donors (Lipinski definition) is 0. The second-order valence-electron chi connectivity index (χ2n) is 26.5. The zero-order valence-electron chi connectivity index (χ0n) is 51.7. The molecular weight excluding hydrogens is 1230 g/mol. The summed E-state index contributed by atoms with van der Waals surface area (Å²) in [7, 11) is -8.03. The van der Waals surface area contributed by atoms with Crippen LogP contribution < -0.4 is 0 Å². The van der Waals surface area contributed by atoms with E-state index >= 15 is 16.8 Å². The van der Waals surface area contributed by atoms with Crippen LogP contribution >= 0.6 is 0 Å². The summed E-state index contributed by atoms with van der Waals surface area (Å²) in [6.45, 7) is 0. The maximum Gasteiger partial charge on any atom is 0.207 e. The van der Waals surface area contributed by atoms with Gasteiger partial charge < -0.3 is 13.7 Å². The topological polar surface area (TPSA) is 83.1 Å². The summed E-state index contributed by atoms with van der Waals surface area (Å²) in [6, 6.07) is 107. The zero-order chi connectivity index (χ0) is 64.0. The quantitative estimate of drug-likeness (QED) is 0.176. The first-order valence-electron chi connectivity index (χ1n) is 32.9. The number of nitrogens with zero attached hydrogens (tertiary/aromatic N) is 3. The molecule has 5 heterocycles. The third-order valence-electron chi connectivity index (χ3n) is 22.2. The van der Waals surface area contributed by atoms with Crippen molar-refractivity contribution in [1.82, 2.24) is 13.7 Å². The highest BCUT2D eigenvalue weighted by Gasteiger charge is 2.56. The third kappa shape index (κ3) is 6.38. The first kappa shape index (κ1) is 53.5. The van der Waals surface area contributed by atoms with Crippen molar-refractivity contribution >= 4 is 107 Å². The summed E-state index contributed by atoms with van der Waals surface area (Å²) in [5.41, 5.74) is 18.6. The van der Waals surface area contributed by atoms with E-state index in [2.05, 4.69) is 250 Å². The molecule has 3 aromatic heterocycles. The first-order chi connectivity index (χ1) is 47.7. The SMILES string of the molecule is O=S1(=O)c2ccccc2C2(c3ccccc3-c3ccccc32)c2c1ccc1c2c2ccc3ccccc3c2n1-c1ccc(-n2c3ccccc3c3cc(-n4c5ccc6c(c5c5ccc7ccccc7c54)C4(c5ccccc5-c5ccccc54)c4ccccc4S6(=O)=O)ccc32)cc1. The largest absolute Gasteiger partial charge is 0.309 e. The lowest BCUT2D eigenvalue weighted by atomic mass is 9.66. The molecule has 2 spiro atoms. The van der Waals surface area contributed by atoms with Gasteiger partial charge in [0.15, 0.2) is 0 Å². The van der Waals surface area contributed by atoms with E-state index < -0.39 is 30.5 Å². The van der Waals surface area contributed by atoms with Gasteiger partial charge in [-0.1, -0.05) is 224 Å². The Bertz CT molecular complexity index is 6840. The van der Waals surface area contributed by atoms with Gasteiger partial charge in [0.05, 0.1) is 63.5 Å². The van der Waals surface area contributed by atoms with Crippen LogP contribution in [0.1, 0.15) is 44.5 Å². The van der Waals surface area contributed by atoms with Crippen molar-refractivity contribution in [2.45, 2.75) is 30.4 Å². The van der Waals surface area contributed by atoms with Crippen molar-refractivity contribution in [1.29, 1.82) is 0 Å². The third-order valence-corrected chi connectivity index (χ3v) is 25.9. The maximum atomic E-state index is 15.5. The predicted octanol–water partition coefficient (Wildman–Crippen LogP) is 20.3. The van der Waals surface area contributed by atoms with Crippen LogP contribution in [0.3, 0.4) is 0 Å². The molecule has 22 rings (SSSR count). The van der Waals surface area contributed by atoms with E-state index in [1.807, 2.05) is 60.7 Å². The Morgan fingerprint density at radius 1 is 0.237 bits per heavy atom. The van der Waals surface area contributed by atoms with Crippen LogP contribution in [-0.4, -0.2) is 30.5 Å². The molecule has 18 aromatic rings. The molecule has 0 saturated carbocycles. The van der Waals surface area contributed by atoms with Crippen molar-refractivity contribution in [2.75, 3.05) is 0 Å². The highest BCUT2D eigenvalue weighted by atomic mass is 32.2. The Labute approximate surface area is 557 Å². The number of fused-ring (bicyclic) bond motifs is 33. The first-order valence-corrected chi connectivity index (χ1v) is 35.9.